The van der Waals surface area contributed by atoms with Crippen molar-refractivity contribution in [1.82, 2.24) is 5.32 Å². The van der Waals surface area contributed by atoms with Crippen LogP contribution < -0.4 is 14.8 Å². The van der Waals surface area contributed by atoms with Crippen molar-refractivity contribution in [3.8, 4) is 11.5 Å². The van der Waals surface area contributed by atoms with Crippen LogP contribution in [0.25, 0.3) is 0 Å². The average molecular weight is 265 g/mol. The molecule has 106 valence electrons. The number of ether oxygens (including phenoxy) is 3. The second-order valence-electron chi connectivity index (χ2n) is 4.84. The highest BCUT2D eigenvalue weighted by Crippen LogP contribution is 2.27. The molecule has 1 aromatic rings. The minimum atomic E-state index is 0.567. The standard InChI is InChI=1S/C15H23NO3/c1-12-3-4-14(15(11-12)17-2)19-10-7-16-13-5-8-18-9-6-13/h3-4,11,13,16H,5-10H2,1-2H3. The maximum Gasteiger partial charge on any atom is 0.161 e. The lowest BCUT2D eigenvalue weighted by Gasteiger charge is -2.23. The first-order valence-corrected chi connectivity index (χ1v) is 6.88. The lowest BCUT2D eigenvalue weighted by atomic mass is 10.1. The second-order valence-corrected chi connectivity index (χ2v) is 4.84. The van der Waals surface area contributed by atoms with Gasteiger partial charge in [-0.15, -0.1) is 0 Å². The van der Waals surface area contributed by atoms with Crippen molar-refractivity contribution in [2.24, 2.45) is 0 Å². The Morgan fingerprint density at radius 1 is 1.26 bits per heavy atom. The van der Waals surface area contributed by atoms with Crippen molar-refractivity contribution < 1.29 is 14.2 Å². The summed E-state index contributed by atoms with van der Waals surface area (Å²) >= 11 is 0. The van der Waals surface area contributed by atoms with Crippen molar-refractivity contribution >= 4 is 0 Å². The van der Waals surface area contributed by atoms with Crippen LogP contribution >= 0.6 is 0 Å². The predicted octanol–water partition coefficient (Wildman–Crippen LogP) is 2.15. The van der Waals surface area contributed by atoms with E-state index in [9.17, 15) is 0 Å². The van der Waals surface area contributed by atoms with Crippen LogP contribution in [-0.4, -0.2) is 39.5 Å². The molecule has 0 saturated carbocycles. The summed E-state index contributed by atoms with van der Waals surface area (Å²) in [5.41, 5.74) is 1.17. The Labute approximate surface area is 115 Å². The fraction of sp³-hybridized carbons (Fsp3) is 0.600. The zero-order valence-corrected chi connectivity index (χ0v) is 11.8. The molecular weight excluding hydrogens is 242 g/mol. The molecule has 1 aliphatic heterocycles. The molecule has 0 spiro atoms. The van der Waals surface area contributed by atoms with E-state index in [1.165, 1.54) is 5.56 Å². The van der Waals surface area contributed by atoms with E-state index in [0.29, 0.717) is 12.6 Å². The molecule has 1 aromatic carbocycles. The van der Waals surface area contributed by atoms with Gasteiger partial charge in [0.15, 0.2) is 11.5 Å². The van der Waals surface area contributed by atoms with Crippen LogP contribution in [-0.2, 0) is 4.74 Å². The second kappa shape index (κ2) is 7.36. The minimum Gasteiger partial charge on any atom is -0.493 e. The molecule has 0 aliphatic carbocycles. The quantitative estimate of drug-likeness (QED) is 0.800. The summed E-state index contributed by atoms with van der Waals surface area (Å²) < 4.78 is 16.4. The third-order valence-corrected chi connectivity index (χ3v) is 3.33. The summed E-state index contributed by atoms with van der Waals surface area (Å²) in [5, 5.41) is 3.49. The molecule has 1 aliphatic rings. The van der Waals surface area contributed by atoms with E-state index < -0.39 is 0 Å². The molecule has 4 heteroatoms. The Hall–Kier alpha value is -1.26. The highest BCUT2D eigenvalue weighted by Gasteiger charge is 2.12. The predicted molar refractivity (Wildman–Crippen MR) is 75.1 cm³/mol. The minimum absolute atomic E-state index is 0.567. The maximum atomic E-state index is 5.76. The molecule has 0 amide bonds. The highest BCUT2D eigenvalue weighted by atomic mass is 16.5. The molecule has 0 bridgehead atoms. The first-order valence-electron chi connectivity index (χ1n) is 6.88. The van der Waals surface area contributed by atoms with Crippen molar-refractivity contribution in [3.05, 3.63) is 23.8 Å². The van der Waals surface area contributed by atoms with Gasteiger partial charge in [0, 0.05) is 25.8 Å². The van der Waals surface area contributed by atoms with E-state index >= 15 is 0 Å². The topological polar surface area (TPSA) is 39.7 Å². The summed E-state index contributed by atoms with van der Waals surface area (Å²) in [5.74, 6) is 1.60. The van der Waals surface area contributed by atoms with Crippen molar-refractivity contribution in [3.63, 3.8) is 0 Å². The smallest absolute Gasteiger partial charge is 0.161 e. The van der Waals surface area contributed by atoms with Gasteiger partial charge in [-0.05, 0) is 37.5 Å². The fourth-order valence-electron chi connectivity index (χ4n) is 2.22. The monoisotopic (exact) mass is 265 g/mol. The van der Waals surface area contributed by atoms with E-state index in [1.54, 1.807) is 7.11 Å². The summed E-state index contributed by atoms with van der Waals surface area (Å²) in [6.07, 6.45) is 2.18. The zero-order valence-electron chi connectivity index (χ0n) is 11.8. The number of hydrogen-bond donors (Lipinski definition) is 1. The molecule has 1 fully saturated rings. The van der Waals surface area contributed by atoms with E-state index in [0.717, 1.165) is 44.1 Å². The van der Waals surface area contributed by atoms with Gasteiger partial charge in [-0.1, -0.05) is 6.07 Å². The van der Waals surface area contributed by atoms with E-state index in [-0.39, 0.29) is 0 Å². The third kappa shape index (κ3) is 4.40. The van der Waals surface area contributed by atoms with Crippen LogP contribution in [0, 0.1) is 6.92 Å². The Kier molecular flexibility index (Phi) is 5.48. The van der Waals surface area contributed by atoms with E-state index in [4.69, 9.17) is 14.2 Å². The number of aryl methyl sites for hydroxylation is 1. The molecule has 19 heavy (non-hydrogen) atoms. The van der Waals surface area contributed by atoms with Gasteiger partial charge in [-0.25, -0.2) is 0 Å². The van der Waals surface area contributed by atoms with Crippen molar-refractivity contribution in [2.75, 3.05) is 33.5 Å². The Bertz CT molecular complexity index is 389. The van der Waals surface area contributed by atoms with Crippen LogP contribution in [0.3, 0.4) is 0 Å². The van der Waals surface area contributed by atoms with Crippen molar-refractivity contribution in [2.45, 2.75) is 25.8 Å². The zero-order chi connectivity index (χ0) is 13.5. The summed E-state index contributed by atoms with van der Waals surface area (Å²) in [6.45, 7) is 5.27. The molecule has 1 heterocycles. The van der Waals surface area contributed by atoms with Gasteiger partial charge in [0.05, 0.1) is 7.11 Å². The molecule has 2 rings (SSSR count). The van der Waals surface area contributed by atoms with Gasteiger partial charge in [0.25, 0.3) is 0 Å². The molecule has 0 radical (unpaired) electrons. The molecule has 0 atom stereocenters. The summed E-state index contributed by atoms with van der Waals surface area (Å²) in [4.78, 5) is 0. The van der Waals surface area contributed by atoms with Gasteiger partial charge in [0.2, 0.25) is 0 Å². The third-order valence-electron chi connectivity index (χ3n) is 3.33. The van der Waals surface area contributed by atoms with Crippen LogP contribution in [0.15, 0.2) is 18.2 Å². The van der Waals surface area contributed by atoms with Gasteiger partial charge < -0.3 is 19.5 Å². The molecule has 4 nitrogen and oxygen atoms in total. The number of nitrogens with one attached hydrogen (secondary N) is 1. The van der Waals surface area contributed by atoms with Gasteiger partial charge in [-0.3, -0.25) is 0 Å². The lowest BCUT2D eigenvalue weighted by molar-refractivity contribution is 0.0770. The summed E-state index contributed by atoms with van der Waals surface area (Å²) in [7, 11) is 1.67. The molecule has 0 unspecified atom stereocenters. The number of benzene rings is 1. The first kappa shape index (κ1) is 14.2. The SMILES string of the molecule is COc1cc(C)ccc1OCCNC1CCOCC1. The molecule has 1 saturated heterocycles. The van der Waals surface area contributed by atoms with Crippen LogP contribution in [0.2, 0.25) is 0 Å². The fourth-order valence-corrected chi connectivity index (χ4v) is 2.22. The van der Waals surface area contributed by atoms with Gasteiger partial charge >= 0.3 is 0 Å². The molecule has 1 N–H and O–H groups in total. The van der Waals surface area contributed by atoms with Gasteiger partial charge in [-0.2, -0.15) is 0 Å². The van der Waals surface area contributed by atoms with Crippen LogP contribution in [0.4, 0.5) is 0 Å². The Morgan fingerprint density at radius 3 is 2.79 bits per heavy atom. The maximum absolute atomic E-state index is 5.76. The Morgan fingerprint density at radius 2 is 2.05 bits per heavy atom. The number of methoxy groups -OCH3 is 1. The lowest BCUT2D eigenvalue weighted by Crippen LogP contribution is -2.37. The van der Waals surface area contributed by atoms with Gasteiger partial charge in [0.1, 0.15) is 6.61 Å². The molecular formula is C15H23NO3. The van der Waals surface area contributed by atoms with Crippen LogP contribution in [0.5, 0.6) is 11.5 Å². The normalized spacial score (nSPS) is 16.3. The number of hydrogen-bond acceptors (Lipinski definition) is 4. The summed E-state index contributed by atoms with van der Waals surface area (Å²) in [6, 6.07) is 6.55. The first-order chi connectivity index (χ1) is 9.29. The number of rotatable bonds is 6. The van der Waals surface area contributed by atoms with E-state index in [2.05, 4.69) is 5.32 Å². The van der Waals surface area contributed by atoms with Crippen molar-refractivity contribution in [1.29, 1.82) is 0 Å². The van der Waals surface area contributed by atoms with E-state index in [1.807, 2.05) is 25.1 Å². The largest absolute Gasteiger partial charge is 0.493 e. The molecule has 0 aromatic heterocycles. The average Bonchev–Trinajstić information content (AvgIpc) is 2.46. The highest BCUT2D eigenvalue weighted by molar-refractivity contribution is 5.42. The van der Waals surface area contributed by atoms with Crippen LogP contribution in [0.1, 0.15) is 18.4 Å². The Balaban J connectivity index is 1.73.